The van der Waals surface area contributed by atoms with Crippen LogP contribution in [0.3, 0.4) is 0 Å². The third-order valence-corrected chi connectivity index (χ3v) is 6.88. The molecule has 11 heteroatoms. The van der Waals surface area contributed by atoms with Gasteiger partial charge in [0, 0.05) is 56.1 Å². The van der Waals surface area contributed by atoms with Gasteiger partial charge in [-0.25, -0.2) is 9.97 Å². The lowest BCUT2D eigenvalue weighted by atomic mass is 10.1. The number of aryl methyl sites for hydroxylation is 1. The molecule has 1 aliphatic heterocycles. The summed E-state index contributed by atoms with van der Waals surface area (Å²) >= 11 is 0. The van der Waals surface area contributed by atoms with E-state index in [2.05, 4.69) is 42.4 Å². The molecule has 1 amide bonds. The number of aromatic nitrogens is 3. The molecule has 208 valence electrons. The minimum atomic E-state index is -0.219. The fourth-order valence-corrected chi connectivity index (χ4v) is 4.54. The molecule has 5 N–H and O–H groups in total. The fraction of sp³-hybridized carbons (Fsp3) is 0.429. The lowest BCUT2D eigenvalue weighted by Gasteiger charge is -2.35. The normalized spacial score (nSPS) is 16.3. The Morgan fingerprint density at radius 2 is 2.03 bits per heavy atom. The Morgan fingerprint density at radius 1 is 1.26 bits per heavy atom. The van der Waals surface area contributed by atoms with E-state index in [1.54, 1.807) is 12.4 Å². The molecule has 1 saturated heterocycles. The average molecular weight is 534 g/mol. The summed E-state index contributed by atoms with van der Waals surface area (Å²) in [4.78, 5) is 34.5. The lowest BCUT2D eigenvalue weighted by molar-refractivity contribution is -0.121. The van der Waals surface area contributed by atoms with E-state index < -0.39 is 0 Å². The van der Waals surface area contributed by atoms with Gasteiger partial charge in [-0.3, -0.25) is 14.7 Å². The predicted octanol–water partition coefficient (Wildman–Crippen LogP) is 3.17. The molecular weight excluding hydrogens is 494 g/mol. The van der Waals surface area contributed by atoms with E-state index in [1.807, 2.05) is 52.1 Å². The van der Waals surface area contributed by atoms with E-state index in [0.717, 1.165) is 59.6 Å². The minimum Gasteiger partial charge on any atom is -0.478 e. The molecule has 1 atom stereocenters. The highest BCUT2D eigenvalue weighted by atomic mass is 16.5. The van der Waals surface area contributed by atoms with E-state index in [1.165, 1.54) is 0 Å². The summed E-state index contributed by atoms with van der Waals surface area (Å²) in [6, 6.07) is 5.65. The minimum absolute atomic E-state index is 0.0205. The Kier molecular flexibility index (Phi) is 9.15. The second kappa shape index (κ2) is 12.7. The van der Waals surface area contributed by atoms with Crippen molar-refractivity contribution in [1.29, 1.82) is 0 Å². The highest BCUT2D eigenvalue weighted by molar-refractivity contribution is 6.06. The number of aromatic amines is 1. The van der Waals surface area contributed by atoms with Gasteiger partial charge in [0.1, 0.15) is 5.70 Å². The summed E-state index contributed by atoms with van der Waals surface area (Å²) < 4.78 is 5.47. The molecule has 1 aromatic carbocycles. The SMILES string of the molecule is CCN=CC(Nc1ncc(C)c(-c2c[nH]c3c(NC(=O)C(C)N4CCN(C)CC4)cccc23)n1)=C(N)OCC. The number of H-pyrrole nitrogens is 1. The molecule has 0 bridgehead atoms. The number of likely N-dealkylation sites (N-methyl/N-ethyl adjacent to an activating group) is 1. The van der Waals surface area contributed by atoms with Crippen LogP contribution in [0.5, 0.6) is 0 Å². The Labute approximate surface area is 229 Å². The standard InChI is InChI=1S/C28H39N9O2/c1-6-30-17-23(26(29)39-7-2)34-28-32-15-18(3)24(35-28)21-16-31-25-20(21)9-8-10-22(25)33-27(38)19(4)37-13-11-36(5)12-14-37/h8-10,15-17,19,31H,6-7,11-14,29H2,1-5H3,(H,33,38)(H,32,34,35). The van der Waals surface area contributed by atoms with Gasteiger partial charge in [-0.15, -0.1) is 0 Å². The van der Waals surface area contributed by atoms with Gasteiger partial charge in [0.05, 0.1) is 35.8 Å². The number of aliphatic imine (C=N–C) groups is 1. The van der Waals surface area contributed by atoms with Crippen molar-refractivity contribution in [3.05, 3.63) is 47.7 Å². The smallest absolute Gasteiger partial charge is 0.241 e. The van der Waals surface area contributed by atoms with E-state index in [-0.39, 0.29) is 17.8 Å². The van der Waals surface area contributed by atoms with E-state index in [0.29, 0.717) is 24.8 Å². The maximum atomic E-state index is 13.1. The van der Waals surface area contributed by atoms with Crippen LogP contribution in [-0.2, 0) is 9.53 Å². The number of ether oxygens (including phenoxy) is 1. The largest absolute Gasteiger partial charge is 0.478 e. The van der Waals surface area contributed by atoms with Crippen LogP contribution in [0.2, 0.25) is 0 Å². The predicted molar refractivity (Wildman–Crippen MR) is 157 cm³/mol. The number of fused-ring (bicyclic) bond motifs is 1. The van der Waals surface area contributed by atoms with Crippen LogP contribution in [0.15, 0.2) is 47.2 Å². The monoisotopic (exact) mass is 533 g/mol. The number of anilines is 2. The van der Waals surface area contributed by atoms with Crippen LogP contribution in [0.4, 0.5) is 11.6 Å². The fourth-order valence-electron chi connectivity index (χ4n) is 4.54. The molecule has 1 fully saturated rings. The Morgan fingerprint density at radius 3 is 2.74 bits per heavy atom. The molecule has 4 rings (SSSR count). The van der Waals surface area contributed by atoms with Gasteiger partial charge in [0.15, 0.2) is 0 Å². The van der Waals surface area contributed by atoms with Crippen LogP contribution in [0.1, 0.15) is 26.3 Å². The zero-order chi connectivity index (χ0) is 27.9. The van der Waals surface area contributed by atoms with Crippen molar-refractivity contribution < 1.29 is 9.53 Å². The lowest BCUT2D eigenvalue weighted by Crippen LogP contribution is -2.51. The number of amides is 1. The van der Waals surface area contributed by atoms with Gasteiger partial charge >= 0.3 is 0 Å². The average Bonchev–Trinajstić information content (AvgIpc) is 3.37. The van der Waals surface area contributed by atoms with Crippen LogP contribution in [-0.4, -0.2) is 89.3 Å². The second-order valence-corrected chi connectivity index (χ2v) is 9.62. The molecular formula is C28H39N9O2. The van der Waals surface area contributed by atoms with Crippen molar-refractivity contribution in [2.45, 2.75) is 33.7 Å². The van der Waals surface area contributed by atoms with Gasteiger partial charge in [-0.05, 0) is 46.4 Å². The Balaban J connectivity index is 1.60. The zero-order valence-electron chi connectivity index (χ0n) is 23.4. The van der Waals surface area contributed by atoms with Crippen LogP contribution in [0.25, 0.3) is 22.2 Å². The number of carbonyl (C=O) groups excluding carboxylic acids is 1. The summed E-state index contributed by atoms with van der Waals surface area (Å²) in [5.74, 6) is 0.571. The molecule has 1 unspecified atom stereocenters. The second-order valence-electron chi connectivity index (χ2n) is 9.62. The molecule has 11 nitrogen and oxygen atoms in total. The topological polar surface area (TPSA) is 137 Å². The number of para-hydroxylation sites is 1. The van der Waals surface area contributed by atoms with E-state index >= 15 is 0 Å². The van der Waals surface area contributed by atoms with Crippen LogP contribution in [0, 0.1) is 6.92 Å². The summed E-state index contributed by atoms with van der Waals surface area (Å²) in [7, 11) is 2.11. The molecule has 2 aromatic heterocycles. The molecule has 0 saturated carbocycles. The first-order valence-electron chi connectivity index (χ1n) is 13.4. The number of benzene rings is 1. The number of hydrogen-bond acceptors (Lipinski definition) is 9. The van der Waals surface area contributed by atoms with E-state index in [4.69, 9.17) is 15.5 Å². The van der Waals surface area contributed by atoms with Gasteiger partial charge in [0.25, 0.3) is 0 Å². The molecule has 3 aromatic rings. The molecule has 0 spiro atoms. The molecule has 1 aliphatic rings. The molecule has 0 aliphatic carbocycles. The van der Waals surface area contributed by atoms with Crippen LogP contribution >= 0.6 is 0 Å². The first-order chi connectivity index (χ1) is 18.8. The summed E-state index contributed by atoms with van der Waals surface area (Å²) in [6.07, 6.45) is 5.29. The Bertz CT molecular complexity index is 1360. The van der Waals surface area contributed by atoms with Crippen molar-refractivity contribution in [3.8, 4) is 11.3 Å². The zero-order valence-corrected chi connectivity index (χ0v) is 23.4. The number of nitrogens with one attached hydrogen (secondary N) is 3. The van der Waals surface area contributed by atoms with Crippen molar-refractivity contribution >= 4 is 34.7 Å². The number of carbonyl (C=O) groups is 1. The number of hydrogen-bond donors (Lipinski definition) is 4. The third kappa shape index (κ3) is 6.55. The number of nitrogens with two attached hydrogens (primary N) is 1. The third-order valence-electron chi connectivity index (χ3n) is 6.88. The maximum Gasteiger partial charge on any atom is 0.241 e. The summed E-state index contributed by atoms with van der Waals surface area (Å²) in [5.41, 5.74) is 10.7. The Hall–Kier alpha value is -3.96. The van der Waals surface area contributed by atoms with Gasteiger partial charge in [-0.1, -0.05) is 12.1 Å². The first kappa shape index (κ1) is 28.1. The maximum absolute atomic E-state index is 13.1. The van der Waals surface area contributed by atoms with Crippen molar-refractivity contribution in [2.75, 3.05) is 57.0 Å². The van der Waals surface area contributed by atoms with Crippen molar-refractivity contribution in [2.24, 2.45) is 10.7 Å². The first-order valence-corrected chi connectivity index (χ1v) is 13.4. The van der Waals surface area contributed by atoms with Gasteiger partial charge in [-0.2, -0.15) is 0 Å². The van der Waals surface area contributed by atoms with Crippen molar-refractivity contribution in [1.82, 2.24) is 24.8 Å². The number of nitrogens with zero attached hydrogens (tertiary/aromatic N) is 5. The number of rotatable bonds is 10. The molecule has 39 heavy (non-hydrogen) atoms. The molecule has 0 radical (unpaired) electrons. The van der Waals surface area contributed by atoms with Gasteiger partial charge in [0.2, 0.25) is 17.7 Å². The van der Waals surface area contributed by atoms with Crippen LogP contribution < -0.4 is 16.4 Å². The number of piperazine rings is 1. The van der Waals surface area contributed by atoms with Crippen molar-refractivity contribution in [3.63, 3.8) is 0 Å². The molecule has 3 heterocycles. The summed E-state index contributed by atoms with van der Waals surface area (Å²) in [6.45, 7) is 12.4. The summed E-state index contributed by atoms with van der Waals surface area (Å²) in [5, 5.41) is 7.23. The highest BCUT2D eigenvalue weighted by Gasteiger charge is 2.25. The highest BCUT2D eigenvalue weighted by Crippen LogP contribution is 2.33. The van der Waals surface area contributed by atoms with Gasteiger partial charge < -0.3 is 31.0 Å². The quantitative estimate of drug-likeness (QED) is 0.230. The van der Waals surface area contributed by atoms with E-state index in [9.17, 15) is 4.79 Å². The number of allylic oxidation sites excluding steroid dienone is 1.